The molecule has 2 amide bonds. The lowest BCUT2D eigenvalue weighted by Crippen LogP contribution is -2.52. The van der Waals surface area contributed by atoms with Crippen LogP contribution < -0.4 is 14.4 Å². The lowest BCUT2D eigenvalue weighted by molar-refractivity contribution is -0.139. The Bertz CT molecular complexity index is 1480. The molecule has 8 nitrogen and oxygen atoms in total. The molecule has 0 spiro atoms. The van der Waals surface area contributed by atoms with Crippen LogP contribution in [0.5, 0.6) is 5.75 Å². The van der Waals surface area contributed by atoms with Crippen LogP contribution in [0.1, 0.15) is 45.2 Å². The van der Waals surface area contributed by atoms with Crippen molar-refractivity contribution in [3.05, 3.63) is 87.9 Å². The Morgan fingerprint density at radius 1 is 0.929 bits per heavy atom. The molecule has 2 atom stereocenters. The second kappa shape index (κ2) is 14.8. The first-order chi connectivity index (χ1) is 19.9. The minimum atomic E-state index is -4.25. The van der Waals surface area contributed by atoms with Crippen LogP contribution in [0, 0.1) is 6.92 Å². The average molecular weight is 635 g/mol. The van der Waals surface area contributed by atoms with Gasteiger partial charge in [0.25, 0.3) is 10.0 Å². The molecule has 42 heavy (non-hydrogen) atoms. The van der Waals surface area contributed by atoms with Crippen LogP contribution in [-0.2, 0) is 26.2 Å². The molecule has 3 aromatic rings. The van der Waals surface area contributed by atoms with Gasteiger partial charge in [-0.3, -0.25) is 13.9 Å². The molecule has 0 aliphatic rings. The highest BCUT2D eigenvalue weighted by Gasteiger charge is 2.34. The van der Waals surface area contributed by atoms with Crippen molar-refractivity contribution >= 4 is 50.7 Å². The number of hydrogen-bond donors (Lipinski definition) is 1. The lowest BCUT2D eigenvalue weighted by Gasteiger charge is -2.33. The maximum Gasteiger partial charge on any atom is 0.264 e. The van der Waals surface area contributed by atoms with Gasteiger partial charge >= 0.3 is 0 Å². The van der Waals surface area contributed by atoms with Crippen molar-refractivity contribution in [1.82, 2.24) is 10.2 Å². The second-order valence-electron chi connectivity index (χ2n) is 9.94. The summed E-state index contributed by atoms with van der Waals surface area (Å²) in [7, 11) is -4.25. The summed E-state index contributed by atoms with van der Waals surface area (Å²) in [5.74, 6) is -0.713. The van der Waals surface area contributed by atoms with Crippen LogP contribution in [0.15, 0.2) is 71.6 Å². The molecule has 0 radical (unpaired) electrons. The number of nitrogens with zero attached hydrogens (tertiary/aromatic N) is 2. The van der Waals surface area contributed by atoms with E-state index in [0.29, 0.717) is 27.8 Å². The Hall–Kier alpha value is -3.27. The van der Waals surface area contributed by atoms with Crippen molar-refractivity contribution in [2.45, 2.75) is 64.6 Å². The maximum absolute atomic E-state index is 14.2. The van der Waals surface area contributed by atoms with Crippen LogP contribution in [0.4, 0.5) is 5.69 Å². The Morgan fingerprint density at radius 3 is 2.14 bits per heavy atom. The number of anilines is 1. The van der Waals surface area contributed by atoms with Gasteiger partial charge in [0.15, 0.2) is 0 Å². The van der Waals surface area contributed by atoms with Crippen LogP contribution in [-0.4, -0.2) is 50.4 Å². The topological polar surface area (TPSA) is 96.0 Å². The van der Waals surface area contributed by atoms with Crippen LogP contribution >= 0.6 is 23.2 Å². The van der Waals surface area contributed by atoms with E-state index in [1.165, 1.54) is 17.0 Å². The second-order valence-corrected chi connectivity index (χ2v) is 12.6. The molecule has 226 valence electrons. The molecule has 0 saturated carbocycles. The molecule has 3 aromatic carbocycles. The number of sulfonamides is 1. The number of hydrogen-bond acceptors (Lipinski definition) is 5. The molecule has 11 heteroatoms. The molecular weight excluding hydrogens is 597 g/mol. The number of amides is 2. The van der Waals surface area contributed by atoms with Crippen LogP contribution in [0.25, 0.3) is 0 Å². The predicted octanol–water partition coefficient (Wildman–Crippen LogP) is 6.23. The third kappa shape index (κ3) is 7.96. The number of aryl methyl sites for hydroxylation is 1. The van der Waals surface area contributed by atoms with Gasteiger partial charge in [-0.1, -0.05) is 66.0 Å². The molecular formula is C31H37Cl2N3O5S. The van der Waals surface area contributed by atoms with E-state index in [1.54, 1.807) is 68.4 Å². The van der Waals surface area contributed by atoms with Crippen molar-refractivity contribution < 1.29 is 22.7 Å². The van der Waals surface area contributed by atoms with Gasteiger partial charge in [0, 0.05) is 28.2 Å². The highest BCUT2D eigenvalue weighted by molar-refractivity contribution is 7.92. The summed E-state index contributed by atoms with van der Waals surface area (Å²) in [5.41, 5.74) is 1.52. The molecule has 3 rings (SSSR count). The molecule has 0 saturated heterocycles. The number of para-hydroxylation sites is 2. The highest BCUT2D eigenvalue weighted by atomic mass is 35.5. The van der Waals surface area contributed by atoms with E-state index in [-0.39, 0.29) is 35.7 Å². The van der Waals surface area contributed by atoms with Crippen molar-refractivity contribution in [3.8, 4) is 5.75 Å². The van der Waals surface area contributed by atoms with Gasteiger partial charge in [-0.25, -0.2) is 8.42 Å². The number of carbonyl (C=O) groups is 2. The fourth-order valence-electron chi connectivity index (χ4n) is 4.19. The first-order valence-electron chi connectivity index (χ1n) is 13.7. The van der Waals surface area contributed by atoms with Crippen molar-refractivity contribution in [2.24, 2.45) is 0 Å². The summed E-state index contributed by atoms with van der Waals surface area (Å²) in [4.78, 5) is 28.7. The zero-order chi connectivity index (χ0) is 31.0. The van der Waals surface area contributed by atoms with Crippen molar-refractivity contribution in [3.63, 3.8) is 0 Å². The van der Waals surface area contributed by atoms with E-state index in [9.17, 15) is 18.0 Å². The number of nitrogens with one attached hydrogen (secondary N) is 1. The molecule has 0 bridgehead atoms. The fraction of sp³-hybridized carbons (Fsp3) is 0.355. The maximum atomic E-state index is 14.2. The molecule has 0 unspecified atom stereocenters. The molecule has 0 heterocycles. The minimum Gasteiger partial charge on any atom is -0.492 e. The summed E-state index contributed by atoms with van der Waals surface area (Å²) in [6, 6.07) is 16.9. The summed E-state index contributed by atoms with van der Waals surface area (Å²) in [6.07, 6.45) is 0.694. The van der Waals surface area contributed by atoms with Gasteiger partial charge in [0.05, 0.1) is 17.2 Å². The average Bonchev–Trinajstić information content (AvgIpc) is 2.96. The van der Waals surface area contributed by atoms with Gasteiger partial charge in [-0.15, -0.1) is 0 Å². The van der Waals surface area contributed by atoms with Gasteiger partial charge in [0.1, 0.15) is 18.3 Å². The molecule has 0 fully saturated rings. The van der Waals surface area contributed by atoms with E-state index in [2.05, 4.69) is 5.32 Å². The Balaban J connectivity index is 2.12. The van der Waals surface area contributed by atoms with Gasteiger partial charge in [-0.2, -0.15) is 0 Å². The van der Waals surface area contributed by atoms with Crippen LogP contribution in [0.3, 0.4) is 0 Å². The third-order valence-electron chi connectivity index (χ3n) is 6.88. The fourth-order valence-corrected chi connectivity index (χ4v) is 6.14. The number of ether oxygens (including phenoxy) is 1. The Labute approximate surface area is 258 Å². The zero-order valence-corrected chi connectivity index (χ0v) is 26.8. The van der Waals surface area contributed by atoms with Crippen LogP contribution in [0.2, 0.25) is 10.0 Å². The predicted molar refractivity (Wildman–Crippen MR) is 168 cm³/mol. The molecule has 0 aromatic heterocycles. The number of rotatable bonds is 13. The van der Waals surface area contributed by atoms with E-state index in [4.69, 9.17) is 27.9 Å². The number of carbonyl (C=O) groups excluding carboxylic acids is 2. The normalized spacial score (nSPS) is 12.7. The number of halogens is 2. The van der Waals surface area contributed by atoms with E-state index in [1.807, 2.05) is 20.8 Å². The lowest BCUT2D eigenvalue weighted by atomic mass is 10.1. The quantitative estimate of drug-likeness (QED) is 0.241. The number of benzene rings is 3. The Kier molecular flexibility index (Phi) is 11.7. The van der Waals surface area contributed by atoms with Gasteiger partial charge in [0.2, 0.25) is 11.8 Å². The van der Waals surface area contributed by atoms with Crippen molar-refractivity contribution in [1.29, 1.82) is 0 Å². The first-order valence-corrected chi connectivity index (χ1v) is 15.9. The SMILES string of the molecule is CCOc1ccccc1N(CC(=O)N(Cc1c(Cl)cccc1Cl)[C@@H](C)C(=O)N[C@H](C)CC)S(=O)(=O)c1ccc(C)cc1. The van der Waals surface area contributed by atoms with Crippen molar-refractivity contribution in [2.75, 3.05) is 17.5 Å². The Morgan fingerprint density at radius 2 is 1.55 bits per heavy atom. The van der Waals surface area contributed by atoms with Gasteiger partial charge < -0.3 is 15.0 Å². The summed E-state index contributed by atoms with van der Waals surface area (Å²) in [5, 5.41) is 3.54. The summed E-state index contributed by atoms with van der Waals surface area (Å²) in [6.45, 7) is 8.59. The minimum absolute atomic E-state index is 0.00969. The first kappa shape index (κ1) is 33.2. The third-order valence-corrected chi connectivity index (χ3v) is 9.36. The monoisotopic (exact) mass is 633 g/mol. The smallest absolute Gasteiger partial charge is 0.264 e. The standard InChI is InChI=1S/C31H37Cl2N3O5S/c1-6-22(4)34-31(38)23(5)35(19-25-26(32)11-10-12-27(25)33)30(37)20-36(28-13-8-9-14-29(28)41-7-2)42(39,40)24-17-15-21(3)16-18-24/h8-18,22-23H,6-7,19-20H2,1-5H3,(H,34,38)/t22-,23+/m1/s1. The van der Waals surface area contributed by atoms with Gasteiger partial charge in [-0.05, 0) is 70.5 Å². The van der Waals surface area contributed by atoms with E-state index < -0.39 is 28.5 Å². The van der Waals surface area contributed by atoms with E-state index in [0.717, 1.165) is 9.87 Å². The summed E-state index contributed by atoms with van der Waals surface area (Å²) < 4.78 is 35.0. The highest BCUT2D eigenvalue weighted by Crippen LogP contribution is 2.33. The molecule has 0 aliphatic carbocycles. The largest absolute Gasteiger partial charge is 0.492 e. The molecule has 1 N–H and O–H groups in total. The summed E-state index contributed by atoms with van der Waals surface area (Å²) >= 11 is 12.9. The zero-order valence-electron chi connectivity index (χ0n) is 24.4. The molecule has 0 aliphatic heterocycles. The van der Waals surface area contributed by atoms with E-state index >= 15 is 0 Å².